The van der Waals surface area contributed by atoms with E-state index >= 15 is 0 Å². The predicted molar refractivity (Wildman–Crippen MR) is 78.5 cm³/mol. The normalized spacial score (nSPS) is 10.8. The molecule has 0 atom stereocenters. The van der Waals surface area contributed by atoms with Gasteiger partial charge in [0.15, 0.2) is 9.84 Å². The smallest absolute Gasteiger partial charge is 0.175 e. The quantitative estimate of drug-likeness (QED) is 0.848. The van der Waals surface area contributed by atoms with E-state index in [1.165, 1.54) is 12.1 Å². The third-order valence-corrected chi connectivity index (χ3v) is 4.30. The van der Waals surface area contributed by atoms with Gasteiger partial charge in [0.25, 0.3) is 0 Å². The standard InChI is InChI=1S/C14H10BrNO3S/c1-20(17,18)13-4-2-3-11(7-13)19-12-6-5-10(9-16)14(15)8-12/h2-8H,1H3. The largest absolute Gasteiger partial charge is 0.457 e. The maximum absolute atomic E-state index is 11.5. The van der Waals surface area contributed by atoms with Crippen LogP contribution in [-0.2, 0) is 9.84 Å². The first-order valence-corrected chi connectivity index (χ1v) is 8.26. The van der Waals surface area contributed by atoms with Crippen LogP contribution in [0.3, 0.4) is 0 Å². The van der Waals surface area contributed by atoms with Gasteiger partial charge in [0.2, 0.25) is 0 Å². The van der Waals surface area contributed by atoms with Gasteiger partial charge in [-0.3, -0.25) is 0 Å². The van der Waals surface area contributed by atoms with E-state index in [0.29, 0.717) is 21.5 Å². The minimum atomic E-state index is -3.27. The first kappa shape index (κ1) is 14.6. The number of benzene rings is 2. The van der Waals surface area contributed by atoms with E-state index in [-0.39, 0.29) is 4.90 Å². The molecule has 0 unspecified atom stereocenters. The average molecular weight is 352 g/mol. The van der Waals surface area contributed by atoms with Crippen molar-refractivity contribution in [3.8, 4) is 17.6 Å². The lowest BCUT2D eigenvalue weighted by Crippen LogP contribution is -1.97. The lowest BCUT2D eigenvalue weighted by Gasteiger charge is -2.08. The van der Waals surface area contributed by atoms with Gasteiger partial charge in [0.1, 0.15) is 17.6 Å². The summed E-state index contributed by atoms with van der Waals surface area (Å²) in [5, 5.41) is 8.84. The van der Waals surface area contributed by atoms with Gasteiger partial charge in [-0.25, -0.2) is 8.42 Å². The fraction of sp³-hybridized carbons (Fsp3) is 0.0714. The molecule has 0 heterocycles. The summed E-state index contributed by atoms with van der Waals surface area (Å²) in [4.78, 5) is 0.197. The van der Waals surface area contributed by atoms with E-state index in [1.54, 1.807) is 30.3 Å². The van der Waals surface area contributed by atoms with Crippen molar-refractivity contribution >= 4 is 25.8 Å². The minimum Gasteiger partial charge on any atom is -0.457 e. The van der Waals surface area contributed by atoms with Gasteiger partial charge < -0.3 is 4.74 Å². The Bertz CT molecular complexity index is 794. The maximum Gasteiger partial charge on any atom is 0.175 e. The van der Waals surface area contributed by atoms with E-state index in [9.17, 15) is 8.42 Å². The maximum atomic E-state index is 11.5. The summed E-state index contributed by atoms with van der Waals surface area (Å²) in [6.45, 7) is 0. The van der Waals surface area contributed by atoms with Crippen molar-refractivity contribution in [3.05, 3.63) is 52.5 Å². The number of halogens is 1. The molecule has 0 spiro atoms. The van der Waals surface area contributed by atoms with Crippen LogP contribution in [0.5, 0.6) is 11.5 Å². The molecule has 6 heteroatoms. The van der Waals surface area contributed by atoms with Crippen molar-refractivity contribution in [2.24, 2.45) is 0 Å². The molecule has 0 aromatic heterocycles. The molecule has 0 saturated heterocycles. The van der Waals surface area contributed by atoms with Crippen molar-refractivity contribution in [3.63, 3.8) is 0 Å². The monoisotopic (exact) mass is 351 g/mol. The van der Waals surface area contributed by atoms with Crippen LogP contribution in [0.25, 0.3) is 0 Å². The van der Waals surface area contributed by atoms with Crippen molar-refractivity contribution in [1.82, 2.24) is 0 Å². The summed E-state index contributed by atoms with van der Waals surface area (Å²) >= 11 is 3.27. The Labute approximate surface area is 125 Å². The number of ether oxygens (including phenoxy) is 1. The Morgan fingerprint density at radius 3 is 2.45 bits per heavy atom. The number of nitriles is 1. The molecule has 0 aliphatic rings. The number of hydrogen-bond acceptors (Lipinski definition) is 4. The highest BCUT2D eigenvalue weighted by atomic mass is 79.9. The van der Waals surface area contributed by atoms with Crippen LogP contribution in [-0.4, -0.2) is 14.7 Å². The zero-order valence-electron chi connectivity index (χ0n) is 10.5. The summed E-state index contributed by atoms with van der Waals surface area (Å²) in [6, 6.07) is 13.2. The predicted octanol–water partition coefficient (Wildman–Crippen LogP) is 3.52. The Hall–Kier alpha value is -1.84. The number of nitrogens with zero attached hydrogens (tertiary/aromatic N) is 1. The van der Waals surface area contributed by atoms with Gasteiger partial charge in [-0.1, -0.05) is 6.07 Å². The highest BCUT2D eigenvalue weighted by molar-refractivity contribution is 9.10. The minimum absolute atomic E-state index is 0.197. The Morgan fingerprint density at radius 1 is 1.15 bits per heavy atom. The second-order valence-electron chi connectivity index (χ2n) is 4.10. The first-order valence-electron chi connectivity index (χ1n) is 5.58. The fourth-order valence-electron chi connectivity index (χ4n) is 1.55. The zero-order chi connectivity index (χ0) is 14.8. The Kier molecular flexibility index (Phi) is 4.12. The molecule has 0 amide bonds. The van der Waals surface area contributed by atoms with Gasteiger partial charge in [-0.05, 0) is 52.3 Å². The molecule has 2 rings (SSSR count). The number of sulfone groups is 1. The van der Waals surface area contributed by atoms with Crippen LogP contribution in [0.15, 0.2) is 51.8 Å². The van der Waals surface area contributed by atoms with Crippen molar-refractivity contribution in [1.29, 1.82) is 5.26 Å². The van der Waals surface area contributed by atoms with Gasteiger partial charge in [0.05, 0.1) is 10.5 Å². The second kappa shape index (κ2) is 5.65. The van der Waals surface area contributed by atoms with Gasteiger partial charge >= 0.3 is 0 Å². The third kappa shape index (κ3) is 3.38. The Balaban J connectivity index is 2.31. The molecule has 0 saturated carbocycles. The van der Waals surface area contributed by atoms with Gasteiger partial charge in [0, 0.05) is 10.7 Å². The lowest BCUT2D eigenvalue weighted by molar-refractivity contribution is 0.480. The van der Waals surface area contributed by atoms with Crippen LogP contribution >= 0.6 is 15.9 Å². The molecule has 0 aliphatic carbocycles. The topological polar surface area (TPSA) is 67.2 Å². The van der Waals surface area contributed by atoms with Gasteiger partial charge in [-0.15, -0.1) is 0 Å². The van der Waals surface area contributed by atoms with E-state index < -0.39 is 9.84 Å². The van der Waals surface area contributed by atoms with E-state index in [2.05, 4.69) is 15.9 Å². The van der Waals surface area contributed by atoms with Crippen LogP contribution < -0.4 is 4.74 Å². The van der Waals surface area contributed by atoms with Crippen LogP contribution in [0.4, 0.5) is 0 Å². The number of rotatable bonds is 3. The molecule has 2 aromatic carbocycles. The molecule has 0 N–H and O–H groups in total. The molecule has 0 fully saturated rings. The zero-order valence-corrected chi connectivity index (χ0v) is 12.9. The molecular weight excluding hydrogens is 342 g/mol. The fourth-order valence-corrected chi connectivity index (χ4v) is 2.66. The van der Waals surface area contributed by atoms with Crippen molar-refractivity contribution in [2.75, 3.05) is 6.26 Å². The van der Waals surface area contributed by atoms with Crippen molar-refractivity contribution < 1.29 is 13.2 Å². The highest BCUT2D eigenvalue weighted by Gasteiger charge is 2.09. The Morgan fingerprint density at radius 2 is 1.85 bits per heavy atom. The molecule has 0 bridgehead atoms. The van der Waals surface area contributed by atoms with E-state index in [0.717, 1.165) is 6.26 Å². The molecule has 0 aliphatic heterocycles. The van der Waals surface area contributed by atoms with E-state index in [1.807, 2.05) is 6.07 Å². The molecule has 4 nitrogen and oxygen atoms in total. The van der Waals surface area contributed by atoms with Crippen LogP contribution in [0.1, 0.15) is 5.56 Å². The van der Waals surface area contributed by atoms with Crippen LogP contribution in [0, 0.1) is 11.3 Å². The molecular formula is C14H10BrNO3S. The molecule has 2 aromatic rings. The lowest BCUT2D eigenvalue weighted by atomic mass is 10.2. The summed E-state index contributed by atoms with van der Waals surface area (Å²) < 4.78 is 29.2. The SMILES string of the molecule is CS(=O)(=O)c1cccc(Oc2ccc(C#N)c(Br)c2)c1. The highest BCUT2D eigenvalue weighted by Crippen LogP contribution is 2.28. The molecule has 102 valence electrons. The third-order valence-electron chi connectivity index (χ3n) is 2.53. The molecule has 0 radical (unpaired) electrons. The van der Waals surface area contributed by atoms with Crippen molar-refractivity contribution in [2.45, 2.75) is 4.90 Å². The molecule has 20 heavy (non-hydrogen) atoms. The van der Waals surface area contributed by atoms with Crippen LogP contribution in [0.2, 0.25) is 0 Å². The average Bonchev–Trinajstić information content (AvgIpc) is 2.38. The van der Waals surface area contributed by atoms with Gasteiger partial charge in [-0.2, -0.15) is 5.26 Å². The summed E-state index contributed by atoms with van der Waals surface area (Å²) in [7, 11) is -3.27. The number of hydrogen-bond donors (Lipinski definition) is 0. The summed E-state index contributed by atoms with van der Waals surface area (Å²) in [5.74, 6) is 0.936. The summed E-state index contributed by atoms with van der Waals surface area (Å²) in [6.07, 6.45) is 1.14. The van der Waals surface area contributed by atoms with E-state index in [4.69, 9.17) is 10.00 Å². The summed E-state index contributed by atoms with van der Waals surface area (Å²) in [5.41, 5.74) is 0.502. The second-order valence-corrected chi connectivity index (χ2v) is 6.97. The first-order chi connectivity index (χ1) is 9.40.